The van der Waals surface area contributed by atoms with Gasteiger partial charge in [0.15, 0.2) is 0 Å². The summed E-state index contributed by atoms with van der Waals surface area (Å²) in [5.41, 5.74) is 0. The van der Waals surface area contributed by atoms with Crippen molar-refractivity contribution in [2.24, 2.45) is 10.9 Å². The molecule has 1 atom stereocenters. The van der Waals surface area contributed by atoms with Crippen molar-refractivity contribution in [1.29, 1.82) is 0 Å². The molecule has 1 nitrogen and oxygen atoms in total. The fraction of sp³-hybridized carbons (Fsp3) is 0.857. The maximum atomic E-state index is 5.61. The predicted molar refractivity (Wildman–Crippen MR) is 43.5 cm³/mol. The predicted octanol–water partition coefficient (Wildman–Crippen LogP) is 2.34. The maximum Gasteiger partial charge on any atom is 0.0655 e. The summed E-state index contributed by atoms with van der Waals surface area (Å²) in [6, 6.07) is 0. The standard InChI is InChI=1S/C7H14ClN/c1-6(2)4-9-5-7(3)8/h5-7H,4H2,1-3H3/t7-/m0/s1. The molecule has 0 amide bonds. The molecule has 0 heterocycles. The summed E-state index contributed by atoms with van der Waals surface area (Å²) < 4.78 is 0. The van der Waals surface area contributed by atoms with Crippen LogP contribution in [0.15, 0.2) is 4.99 Å². The van der Waals surface area contributed by atoms with Crippen LogP contribution in [0.25, 0.3) is 0 Å². The van der Waals surface area contributed by atoms with Crippen LogP contribution in [0.4, 0.5) is 0 Å². The lowest BCUT2D eigenvalue weighted by Crippen LogP contribution is -1.96. The lowest BCUT2D eigenvalue weighted by Gasteiger charge is -1.96. The third-order valence-corrected chi connectivity index (χ3v) is 0.894. The van der Waals surface area contributed by atoms with Gasteiger partial charge in [0.05, 0.1) is 5.38 Å². The van der Waals surface area contributed by atoms with Crippen LogP contribution in [0.2, 0.25) is 0 Å². The molecule has 9 heavy (non-hydrogen) atoms. The average molecular weight is 148 g/mol. The summed E-state index contributed by atoms with van der Waals surface area (Å²) in [6.07, 6.45) is 1.78. The summed E-state index contributed by atoms with van der Waals surface area (Å²) >= 11 is 5.61. The first-order valence-corrected chi connectivity index (χ1v) is 3.70. The Balaban J connectivity index is 3.25. The summed E-state index contributed by atoms with van der Waals surface area (Å²) in [4.78, 5) is 4.11. The second kappa shape index (κ2) is 4.80. The zero-order valence-corrected chi connectivity index (χ0v) is 7.02. The highest BCUT2D eigenvalue weighted by molar-refractivity contribution is 6.27. The topological polar surface area (TPSA) is 12.4 Å². The van der Waals surface area contributed by atoms with E-state index in [-0.39, 0.29) is 5.38 Å². The molecule has 0 fully saturated rings. The van der Waals surface area contributed by atoms with Crippen LogP contribution in [-0.4, -0.2) is 18.1 Å². The summed E-state index contributed by atoms with van der Waals surface area (Å²) in [7, 11) is 0. The van der Waals surface area contributed by atoms with Gasteiger partial charge in [-0.05, 0) is 12.8 Å². The molecular formula is C7H14ClN. The number of halogens is 1. The highest BCUT2D eigenvalue weighted by Gasteiger charge is 1.89. The van der Waals surface area contributed by atoms with Gasteiger partial charge in [0.1, 0.15) is 0 Å². The molecule has 0 unspecified atom stereocenters. The fourth-order valence-electron chi connectivity index (χ4n) is 0.417. The van der Waals surface area contributed by atoms with Crippen molar-refractivity contribution in [3.05, 3.63) is 0 Å². The van der Waals surface area contributed by atoms with Crippen LogP contribution in [0.1, 0.15) is 20.8 Å². The molecule has 0 radical (unpaired) electrons. The van der Waals surface area contributed by atoms with E-state index in [0.29, 0.717) is 5.92 Å². The number of hydrogen-bond acceptors (Lipinski definition) is 1. The molecule has 0 saturated heterocycles. The number of alkyl halides is 1. The van der Waals surface area contributed by atoms with Crippen LogP contribution in [0.3, 0.4) is 0 Å². The number of aliphatic imine (C=N–C) groups is 1. The molecule has 54 valence electrons. The van der Waals surface area contributed by atoms with Gasteiger partial charge in [-0.25, -0.2) is 0 Å². The molecule has 0 spiro atoms. The molecule has 0 aromatic rings. The van der Waals surface area contributed by atoms with Gasteiger partial charge in [0, 0.05) is 12.8 Å². The Morgan fingerprint density at radius 2 is 2.00 bits per heavy atom. The van der Waals surface area contributed by atoms with Gasteiger partial charge in [-0.1, -0.05) is 13.8 Å². The smallest absolute Gasteiger partial charge is 0.0655 e. The quantitative estimate of drug-likeness (QED) is 0.429. The van der Waals surface area contributed by atoms with E-state index in [0.717, 1.165) is 6.54 Å². The lowest BCUT2D eigenvalue weighted by molar-refractivity contribution is 0.666. The van der Waals surface area contributed by atoms with Crippen LogP contribution in [-0.2, 0) is 0 Å². The molecule has 0 rings (SSSR count). The second-order valence-corrected chi connectivity index (χ2v) is 3.27. The van der Waals surface area contributed by atoms with Crippen molar-refractivity contribution in [1.82, 2.24) is 0 Å². The van der Waals surface area contributed by atoms with Gasteiger partial charge in [-0.2, -0.15) is 0 Å². The third kappa shape index (κ3) is 7.96. The zero-order chi connectivity index (χ0) is 7.28. The van der Waals surface area contributed by atoms with E-state index in [1.54, 1.807) is 6.21 Å². The molecule has 0 aromatic heterocycles. The Morgan fingerprint density at radius 3 is 2.33 bits per heavy atom. The van der Waals surface area contributed by atoms with Gasteiger partial charge in [0.25, 0.3) is 0 Å². The molecule has 0 aromatic carbocycles. The molecule has 2 heteroatoms. The fourth-order valence-corrected chi connectivity index (χ4v) is 0.497. The molecule has 0 saturated carbocycles. The van der Waals surface area contributed by atoms with Crippen molar-refractivity contribution in [2.75, 3.05) is 6.54 Å². The van der Waals surface area contributed by atoms with Crippen molar-refractivity contribution in [2.45, 2.75) is 26.1 Å². The van der Waals surface area contributed by atoms with E-state index in [2.05, 4.69) is 18.8 Å². The number of nitrogens with zero attached hydrogens (tertiary/aromatic N) is 1. The normalized spacial score (nSPS) is 15.2. The highest BCUT2D eigenvalue weighted by Crippen LogP contribution is 1.93. The van der Waals surface area contributed by atoms with E-state index in [9.17, 15) is 0 Å². The van der Waals surface area contributed by atoms with Gasteiger partial charge in [-0.15, -0.1) is 11.6 Å². The minimum atomic E-state index is 0.0729. The minimum Gasteiger partial charge on any atom is -0.296 e. The average Bonchev–Trinajstić information content (AvgIpc) is 1.63. The Bertz CT molecular complexity index is 86.9. The number of rotatable bonds is 3. The summed E-state index contributed by atoms with van der Waals surface area (Å²) in [5.74, 6) is 0.636. The molecule has 0 aliphatic heterocycles. The van der Waals surface area contributed by atoms with Crippen molar-refractivity contribution in [3.63, 3.8) is 0 Å². The van der Waals surface area contributed by atoms with Crippen molar-refractivity contribution < 1.29 is 0 Å². The Labute approximate surface area is 62.1 Å². The molecule has 0 N–H and O–H groups in total. The first kappa shape index (κ1) is 8.96. The van der Waals surface area contributed by atoms with Crippen LogP contribution >= 0.6 is 11.6 Å². The Kier molecular flexibility index (Phi) is 4.78. The van der Waals surface area contributed by atoms with E-state index >= 15 is 0 Å². The van der Waals surface area contributed by atoms with E-state index in [1.165, 1.54) is 0 Å². The van der Waals surface area contributed by atoms with Crippen LogP contribution < -0.4 is 0 Å². The summed E-state index contributed by atoms with van der Waals surface area (Å²) in [5, 5.41) is 0.0729. The van der Waals surface area contributed by atoms with Gasteiger partial charge in [-0.3, -0.25) is 4.99 Å². The Morgan fingerprint density at radius 1 is 1.44 bits per heavy atom. The summed E-state index contributed by atoms with van der Waals surface area (Å²) in [6.45, 7) is 7.06. The first-order chi connectivity index (χ1) is 4.13. The third-order valence-electron chi connectivity index (χ3n) is 0.781. The maximum absolute atomic E-state index is 5.61. The second-order valence-electron chi connectivity index (χ2n) is 2.59. The van der Waals surface area contributed by atoms with Crippen molar-refractivity contribution in [3.8, 4) is 0 Å². The van der Waals surface area contributed by atoms with Crippen LogP contribution in [0, 0.1) is 5.92 Å². The molecule has 0 bridgehead atoms. The number of hydrogen-bond donors (Lipinski definition) is 0. The van der Waals surface area contributed by atoms with Crippen molar-refractivity contribution >= 4 is 17.8 Å². The molecule has 0 aliphatic rings. The highest BCUT2D eigenvalue weighted by atomic mass is 35.5. The van der Waals surface area contributed by atoms with E-state index in [4.69, 9.17) is 11.6 Å². The van der Waals surface area contributed by atoms with Gasteiger partial charge in [0.2, 0.25) is 0 Å². The molecule has 0 aliphatic carbocycles. The largest absolute Gasteiger partial charge is 0.296 e. The van der Waals surface area contributed by atoms with Crippen LogP contribution in [0.5, 0.6) is 0 Å². The van der Waals surface area contributed by atoms with Gasteiger partial charge < -0.3 is 0 Å². The monoisotopic (exact) mass is 147 g/mol. The first-order valence-electron chi connectivity index (χ1n) is 3.27. The van der Waals surface area contributed by atoms with E-state index < -0.39 is 0 Å². The SMILES string of the molecule is CC(C)CN=C[C@H](C)Cl. The lowest BCUT2D eigenvalue weighted by atomic mass is 10.2. The molecular weight excluding hydrogens is 134 g/mol. The zero-order valence-electron chi connectivity index (χ0n) is 6.26. The Hall–Kier alpha value is -0.0400. The minimum absolute atomic E-state index is 0.0729. The van der Waals surface area contributed by atoms with Gasteiger partial charge >= 0.3 is 0 Å². The van der Waals surface area contributed by atoms with E-state index in [1.807, 2.05) is 6.92 Å².